The average molecular weight is 898 g/mol. The number of sulfonamides is 1. The van der Waals surface area contributed by atoms with Gasteiger partial charge in [-0.2, -0.15) is 0 Å². The quantitative estimate of drug-likeness (QED) is 0.0650. The molecule has 0 spiro atoms. The fraction of sp³-hybridized carbons (Fsp3) is 0.366. The second-order valence-corrected chi connectivity index (χ2v) is 17.8. The first kappa shape index (κ1) is 45.1. The van der Waals surface area contributed by atoms with Crippen molar-refractivity contribution in [1.29, 1.82) is 0 Å². The van der Waals surface area contributed by atoms with Crippen LogP contribution in [0.25, 0.3) is 43.9 Å². The molecule has 4 heterocycles. The monoisotopic (exact) mass is 896 g/mol. The number of unbranched alkanes of at least 4 members (excludes halogenated alkanes) is 2. The van der Waals surface area contributed by atoms with Crippen LogP contribution in [0.5, 0.6) is 0 Å². The van der Waals surface area contributed by atoms with Gasteiger partial charge in [0, 0.05) is 70.3 Å². The third kappa shape index (κ3) is 10.7. The summed E-state index contributed by atoms with van der Waals surface area (Å²) in [4.78, 5) is 18.6. The van der Waals surface area contributed by atoms with Gasteiger partial charge in [-0.1, -0.05) is 59.6 Å². The van der Waals surface area contributed by atoms with Gasteiger partial charge in [0.15, 0.2) is 11.6 Å². The van der Waals surface area contributed by atoms with Crippen molar-refractivity contribution in [1.82, 2.24) is 38.5 Å². The van der Waals surface area contributed by atoms with Gasteiger partial charge in [-0.25, -0.2) is 42.0 Å². The maximum Gasteiger partial charge on any atom is 0.240 e. The number of para-hydroxylation sites is 2. The average Bonchev–Trinajstić information content (AvgIpc) is 3.79. The van der Waals surface area contributed by atoms with Crippen LogP contribution in [-0.4, -0.2) is 88.5 Å². The summed E-state index contributed by atoms with van der Waals surface area (Å²) in [5.41, 5.74) is 17.5. The van der Waals surface area contributed by atoms with E-state index in [-0.39, 0.29) is 16.5 Å². The van der Waals surface area contributed by atoms with Crippen LogP contribution in [0.3, 0.4) is 0 Å². The number of hydrogen-bond donors (Lipinski definition) is 4. The lowest BCUT2D eigenvalue weighted by atomic mass is 10.2. The molecule has 60 heavy (non-hydrogen) atoms. The number of nitrogens with two attached hydrogens (primary N) is 2. The Labute approximate surface area is 361 Å². The van der Waals surface area contributed by atoms with E-state index in [1.807, 2.05) is 42.5 Å². The van der Waals surface area contributed by atoms with Gasteiger partial charge in [0.05, 0.1) is 61.2 Å². The maximum atomic E-state index is 12.6. The van der Waals surface area contributed by atoms with Crippen molar-refractivity contribution in [3.8, 4) is 0 Å². The Hall–Kier alpha value is -4.46. The minimum Gasteiger partial charge on any atom is -0.384 e. The molecule has 1 atom stereocenters. The highest BCUT2D eigenvalue weighted by Gasteiger charge is 2.19. The number of aryl methyl sites for hydroxylation is 2. The Bertz CT molecular complexity index is 2730. The lowest BCUT2D eigenvalue weighted by Gasteiger charge is -2.12. The molecule has 15 nitrogen and oxygen atoms in total. The van der Waals surface area contributed by atoms with E-state index in [4.69, 9.17) is 54.1 Å². The highest BCUT2D eigenvalue weighted by Crippen LogP contribution is 2.31. The minimum absolute atomic E-state index is 0.0822. The maximum absolute atomic E-state index is 12.6. The van der Waals surface area contributed by atoms with Crippen molar-refractivity contribution in [2.75, 3.05) is 58.2 Å². The largest absolute Gasteiger partial charge is 0.384 e. The number of benzene rings is 3. The second kappa shape index (κ2) is 20.9. The molecule has 0 aliphatic heterocycles. The van der Waals surface area contributed by atoms with Crippen LogP contribution in [-0.2, 0) is 56.4 Å². The van der Waals surface area contributed by atoms with Gasteiger partial charge in [0.25, 0.3) is 0 Å². The zero-order chi connectivity index (χ0) is 42.8. The van der Waals surface area contributed by atoms with E-state index in [1.165, 1.54) is 18.2 Å². The van der Waals surface area contributed by atoms with E-state index >= 15 is 0 Å². The Morgan fingerprint density at radius 1 is 0.700 bits per heavy atom. The van der Waals surface area contributed by atoms with Gasteiger partial charge in [-0.05, 0) is 56.0 Å². The Kier molecular flexibility index (Phi) is 15.7. The van der Waals surface area contributed by atoms with E-state index in [2.05, 4.69) is 34.6 Å². The molecular weight excluding hydrogens is 848 g/mol. The first-order valence-corrected chi connectivity index (χ1v) is 23.3. The summed E-state index contributed by atoms with van der Waals surface area (Å²) in [6.45, 7) is 3.61. The number of fused-ring (bicyclic) bond motifs is 6. The lowest BCUT2D eigenvalue weighted by molar-refractivity contribution is 0.199. The predicted octanol–water partition coefficient (Wildman–Crippen LogP) is 6.44. The third-order valence-corrected chi connectivity index (χ3v) is 12.7. The summed E-state index contributed by atoms with van der Waals surface area (Å²) in [5, 5.41) is 2.53. The Balaban J connectivity index is 0.000000209. The molecule has 6 N–H and O–H groups in total. The molecule has 1 unspecified atom stereocenters. The molecule has 19 heteroatoms. The van der Waals surface area contributed by atoms with E-state index < -0.39 is 21.0 Å². The normalized spacial score (nSPS) is 12.4. The molecule has 0 aliphatic rings. The number of anilines is 2. The molecule has 7 aromatic rings. The molecular formula is C41H50Cl2N10O5S2. The number of halogens is 2. The summed E-state index contributed by atoms with van der Waals surface area (Å²) in [5.74, 6) is 2.66. The topological polar surface area (TPSA) is 207 Å². The third-order valence-electron chi connectivity index (χ3n) is 9.85. The molecule has 0 saturated heterocycles. The van der Waals surface area contributed by atoms with E-state index in [1.54, 1.807) is 20.5 Å². The number of nitrogens with zero attached hydrogens (tertiary/aromatic N) is 6. The summed E-state index contributed by atoms with van der Waals surface area (Å²) in [6, 6.07) is 20.1. The molecule has 0 saturated carbocycles. The van der Waals surface area contributed by atoms with Crippen molar-refractivity contribution >= 4 is 99.7 Å². The van der Waals surface area contributed by atoms with Crippen LogP contribution in [0.1, 0.15) is 37.3 Å². The Morgan fingerprint density at radius 2 is 1.20 bits per heavy atom. The number of nitrogen functional groups attached to an aromatic ring is 2. The van der Waals surface area contributed by atoms with Crippen molar-refractivity contribution in [2.45, 2.75) is 56.5 Å². The molecule has 320 valence electrons. The lowest BCUT2D eigenvalue weighted by Crippen LogP contribution is -2.25. The standard InChI is InChI=1S/C23H25Cl2N5O3S.C18H25N5O2S/c1-33-13-10-20-29-21-22(16-6-2-3-7-19(16)28-23(21)26)30(20)12-5-4-11-27-34(31,32)15-8-9-17(24)18(25)14-15;1-25-12-9-15-22-16-17(23(15)11-6-5-10-20-26(2)24)13-7-3-4-8-14(13)21-18(16)19/h2-3,6-9,14,27H,4-5,10-13H2,1H3,(H2,26,28);3-4,7-8,20H,5-6,9-12H2,1-2H3,(H2,19,21). The number of hydrogen-bond acceptors (Lipinski definition) is 11. The van der Waals surface area contributed by atoms with E-state index in [0.29, 0.717) is 54.8 Å². The summed E-state index contributed by atoms with van der Waals surface area (Å²) < 4.78 is 56.7. The van der Waals surface area contributed by atoms with Crippen LogP contribution < -0.4 is 20.9 Å². The molecule has 0 radical (unpaired) electrons. The van der Waals surface area contributed by atoms with Crippen molar-refractivity contribution in [3.63, 3.8) is 0 Å². The predicted molar refractivity (Wildman–Crippen MR) is 242 cm³/mol. The molecule has 0 amide bonds. The zero-order valence-electron chi connectivity index (χ0n) is 33.8. The van der Waals surface area contributed by atoms with Crippen LogP contribution in [0.2, 0.25) is 10.0 Å². The van der Waals surface area contributed by atoms with Gasteiger partial charge in [0.1, 0.15) is 22.7 Å². The first-order chi connectivity index (χ1) is 28.9. The van der Waals surface area contributed by atoms with Crippen molar-refractivity contribution in [3.05, 3.63) is 88.4 Å². The van der Waals surface area contributed by atoms with Crippen LogP contribution >= 0.6 is 23.2 Å². The number of ether oxygens (including phenoxy) is 2. The van der Waals surface area contributed by atoms with E-state index in [9.17, 15) is 12.6 Å². The Morgan fingerprint density at radius 3 is 1.68 bits per heavy atom. The van der Waals surface area contributed by atoms with Gasteiger partial charge in [0.2, 0.25) is 10.0 Å². The smallest absolute Gasteiger partial charge is 0.240 e. The first-order valence-electron chi connectivity index (χ1n) is 19.5. The minimum atomic E-state index is -3.68. The molecule has 0 bridgehead atoms. The summed E-state index contributed by atoms with van der Waals surface area (Å²) in [7, 11) is -1.31. The number of imidazole rings is 2. The molecule has 0 aliphatic carbocycles. The van der Waals surface area contributed by atoms with Crippen LogP contribution in [0.15, 0.2) is 71.6 Å². The molecule has 3 aromatic carbocycles. The molecule has 7 rings (SSSR count). The van der Waals surface area contributed by atoms with Crippen molar-refractivity contribution < 1.29 is 22.1 Å². The highest BCUT2D eigenvalue weighted by atomic mass is 35.5. The number of pyridine rings is 2. The number of aromatic nitrogens is 6. The highest BCUT2D eigenvalue weighted by molar-refractivity contribution is 7.89. The van der Waals surface area contributed by atoms with Gasteiger partial charge in [-0.15, -0.1) is 0 Å². The number of rotatable bonds is 19. The van der Waals surface area contributed by atoms with Crippen LogP contribution in [0.4, 0.5) is 11.6 Å². The fourth-order valence-corrected chi connectivity index (χ4v) is 8.89. The van der Waals surface area contributed by atoms with Gasteiger partial charge >= 0.3 is 0 Å². The summed E-state index contributed by atoms with van der Waals surface area (Å²) in [6.07, 6.45) is 6.23. The van der Waals surface area contributed by atoms with Crippen LogP contribution in [0, 0.1) is 0 Å². The SMILES string of the molecule is COCCc1nc2c(N)nc3ccccc3c2n1CCCCNS(=O)(=O)c1ccc(Cl)c(Cl)c1.COCCc1nc2c(N)nc3ccccc3c2n1CCCCNS(C)=O. The molecule has 4 aromatic heterocycles. The van der Waals surface area contributed by atoms with Gasteiger partial charge < -0.3 is 30.1 Å². The number of nitrogens with one attached hydrogen (secondary N) is 2. The molecule has 0 fully saturated rings. The summed E-state index contributed by atoms with van der Waals surface area (Å²) >= 11 is 11.8. The zero-order valence-corrected chi connectivity index (χ0v) is 36.9. The fourth-order valence-electron chi connectivity index (χ4n) is 7.00. The van der Waals surface area contributed by atoms with Gasteiger partial charge in [-0.3, -0.25) is 0 Å². The van der Waals surface area contributed by atoms with E-state index in [0.717, 1.165) is 88.8 Å². The second-order valence-electron chi connectivity index (χ2n) is 14.0. The number of methoxy groups -OCH3 is 2. The van der Waals surface area contributed by atoms with Crippen molar-refractivity contribution in [2.24, 2.45) is 0 Å².